The molecule has 3 rings (SSSR count). The smallest absolute Gasteiger partial charge is 0.123 e. The Morgan fingerprint density at radius 2 is 1.91 bits per heavy atom. The second-order valence-corrected chi connectivity index (χ2v) is 6.44. The van der Waals surface area contributed by atoms with Crippen LogP contribution in [0.15, 0.2) is 59.4 Å². The van der Waals surface area contributed by atoms with E-state index in [1.54, 1.807) is 11.3 Å². The van der Waals surface area contributed by atoms with Gasteiger partial charge in [0.15, 0.2) is 0 Å². The molecule has 23 heavy (non-hydrogen) atoms. The Labute approximate surface area is 140 Å². The van der Waals surface area contributed by atoms with Crippen LogP contribution in [0.5, 0.6) is 0 Å². The van der Waals surface area contributed by atoms with Crippen LogP contribution in [0, 0.1) is 12.7 Å². The van der Waals surface area contributed by atoms with Crippen LogP contribution in [-0.2, 0) is 13.0 Å². The van der Waals surface area contributed by atoms with E-state index in [1.807, 2.05) is 25.3 Å². The van der Waals surface area contributed by atoms with Gasteiger partial charge in [-0.15, -0.1) is 0 Å². The summed E-state index contributed by atoms with van der Waals surface area (Å²) in [6, 6.07) is 13.1. The maximum atomic E-state index is 13.0. The number of nitrogens with one attached hydrogen (secondary N) is 1. The molecule has 1 atom stereocenters. The first-order chi connectivity index (χ1) is 11.2. The molecule has 2 heterocycles. The van der Waals surface area contributed by atoms with Gasteiger partial charge in [-0.1, -0.05) is 18.2 Å². The fraction of sp³-hybridized carbons (Fsp3) is 0.211. The molecule has 0 aliphatic heterocycles. The van der Waals surface area contributed by atoms with Crippen LogP contribution < -0.4 is 5.32 Å². The first kappa shape index (κ1) is 15.8. The third-order valence-corrected chi connectivity index (χ3v) is 4.51. The number of aryl methyl sites for hydroxylation is 1. The van der Waals surface area contributed by atoms with Crippen molar-refractivity contribution in [2.75, 3.05) is 0 Å². The van der Waals surface area contributed by atoms with Gasteiger partial charge in [-0.2, -0.15) is 11.3 Å². The lowest BCUT2D eigenvalue weighted by atomic mass is 10.0. The van der Waals surface area contributed by atoms with E-state index in [0.717, 1.165) is 23.2 Å². The molecule has 0 unspecified atom stereocenters. The molecule has 0 bridgehead atoms. The predicted molar refractivity (Wildman–Crippen MR) is 93.0 cm³/mol. The molecule has 3 aromatic rings. The lowest BCUT2D eigenvalue weighted by Gasteiger charge is -2.18. The molecule has 0 aliphatic rings. The zero-order valence-electron chi connectivity index (χ0n) is 13.0. The van der Waals surface area contributed by atoms with Crippen molar-refractivity contribution in [2.45, 2.75) is 25.9 Å². The lowest BCUT2D eigenvalue weighted by molar-refractivity contribution is 0.518. The number of rotatable bonds is 6. The summed E-state index contributed by atoms with van der Waals surface area (Å²) in [6.07, 6.45) is 2.79. The van der Waals surface area contributed by atoms with E-state index in [2.05, 4.69) is 39.3 Å². The third-order valence-electron chi connectivity index (χ3n) is 3.78. The molecule has 1 N–H and O–H groups in total. The van der Waals surface area contributed by atoms with E-state index in [0.29, 0.717) is 6.54 Å². The van der Waals surface area contributed by atoms with Gasteiger partial charge in [0.25, 0.3) is 0 Å². The van der Waals surface area contributed by atoms with Gasteiger partial charge in [-0.05, 0) is 65.1 Å². The average Bonchev–Trinajstić information content (AvgIpc) is 3.07. The highest BCUT2D eigenvalue weighted by atomic mass is 32.1. The van der Waals surface area contributed by atoms with Crippen LogP contribution >= 0.6 is 11.3 Å². The molecular formula is C19H19FN2S. The zero-order valence-corrected chi connectivity index (χ0v) is 13.8. The molecule has 2 aromatic heterocycles. The largest absolute Gasteiger partial charge is 0.304 e. The number of pyridine rings is 1. The van der Waals surface area contributed by atoms with Crippen molar-refractivity contribution in [3.05, 3.63) is 87.6 Å². The van der Waals surface area contributed by atoms with Gasteiger partial charge in [0, 0.05) is 12.7 Å². The van der Waals surface area contributed by atoms with Gasteiger partial charge in [-0.3, -0.25) is 4.98 Å². The minimum absolute atomic E-state index is 0.134. The van der Waals surface area contributed by atoms with Crippen LogP contribution in [0.3, 0.4) is 0 Å². The Balaban J connectivity index is 1.74. The van der Waals surface area contributed by atoms with Gasteiger partial charge >= 0.3 is 0 Å². The molecule has 2 nitrogen and oxygen atoms in total. The first-order valence-corrected chi connectivity index (χ1v) is 8.56. The van der Waals surface area contributed by atoms with E-state index >= 15 is 0 Å². The van der Waals surface area contributed by atoms with Crippen molar-refractivity contribution in [3.8, 4) is 0 Å². The molecule has 118 valence electrons. The van der Waals surface area contributed by atoms with Crippen LogP contribution in [0.2, 0.25) is 0 Å². The topological polar surface area (TPSA) is 24.9 Å². The van der Waals surface area contributed by atoms with E-state index < -0.39 is 0 Å². The van der Waals surface area contributed by atoms with Crippen LogP contribution in [0.25, 0.3) is 0 Å². The molecular weight excluding hydrogens is 307 g/mol. The van der Waals surface area contributed by atoms with Crippen molar-refractivity contribution in [1.29, 1.82) is 0 Å². The summed E-state index contributed by atoms with van der Waals surface area (Å²) in [7, 11) is 0. The number of halogens is 1. The van der Waals surface area contributed by atoms with Crippen molar-refractivity contribution < 1.29 is 4.39 Å². The van der Waals surface area contributed by atoms with Crippen molar-refractivity contribution in [2.24, 2.45) is 0 Å². The summed E-state index contributed by atoms with van der Waals surface area (Å²) in [5.74, 6) is -0.205. The molecule has 0 amide bonds. The van der Waals surface area contributed by atoms with E-state index in [9.17, 15) is 4.39 Å². The SMILES string of the molecule is Cc1ccc([C@H](Cc2ccsc2)NCc2ccc(F)cc2)nc1. The Kier molecular flexibility index (Phi) is 5.16. The summed E-state index contributed by atoms with van der Waals surface area (Å²) >= 11 is 1.71. The second kappa shape index (κ2) is 7.49. The fourth-order valence-electron chi connectivity index (χ4n) is 2.45. The Hall–Kier alpha value is -2.04. The number of nitrogens with zero attached hydrogens (tertiary/aromatic N) is 1. The average molecular weight is 326 g/mol. The Bertz CT molecular complexity index is 721. The lowest BCUT2D eigenvalue weighted by Crippen LogP contribution is -2.23. The summed E-state index contributed by atoms with van der Waals surface area (Å²) in [5, 5.41) is 7.81. The van der Waals surface area contributed by atoms with Crippen LogP contribution in [0.1, 0.15) is 28.4 Å². The normalized spacial score (nSPS) is 12.3. The summed E-state index contributed by atoms with van der Waals surface area (Å²) in [6.45, 7) is 2.72. The van der Waals surface area contributed by atoms with E-state index in [-0.39, 0.29) is 11.9 Å². The van der Waals surface area contributed by atoms with Crippen molar-refractivity contribution in [1.82, 2.24) is 10.3 Å². The third kappa shape index (κ3) is 4.47. The zero-order chi connectivity index (χ0) is 16.1. The highest BCUT2D eigenvalue weighted by molar-refractivity contribution is 7.07. The van der Waals surface area contributed by atoms with Gasteiger partial charge in [0.2, 0.25) is 0 Å². The molecule has 0 fully saturated rings. The van der Waals surface area contributed by atoms with E-state index in [4.69, 9.17) is 0 Å². The number of benzene rings is 1. The quantitative estimate of drug-likeness (QED) is 0.712. The first-order valence-electron chi connectivity index (χ1n) is 7.62. The number of hydrogen-bond acceptors (Lipinski definition) is 3. The maximum absolute atomic E-state index is 13.0. The van der Waals surface area contributed by atoms with Gasteiger partial charge in [0.1, 0.15) is 5.82 Å². The summed E-state index contributed by atoms with van der Waals surface area (Å²) in [5.41, 5.74) is 4.55. The van der Waals surface area contributed by atoms with Gasteiger partial charge in [-0.25, -0.2) is 4.39 Å². The molecule has 0 saturated heterocycles. The summed E-state index contributed by atoms with van der Waals surface area (Å²) in [4.78, 5) is 4.57. The minimum Gasteiger partial charge on any atom is -0.304 e. The molecule has 0 aliphatic carbocycles. The van der Waals surface area contributed by atoms with Gasteiger partial charge < -0.3 is 5.32 Å². The Morgan fingerprint density at radius 1 is 1.09 bits per heavy atom. The van der Waals surface area contributed by atoms with Crippen molar-refractivity contribution >= 4 is 11.3 Å². The molecule has 1 aromatic carbocycles. The molecule has 0 saturated carbocycles. The monoisotopic (exact) mass is 326 g/mol. The molecule has 0 radical (unpaired) electrons. The number of hydrogen-bond donors (Lipinski definition) is 1. The fourth-order valence-corrected chi connectivity index (χ4v) is 3.14. The Morgan fingerprint density at radius 3 is 2.57 bits per heavy atom. The molecule has 0 spiro atoms. The second-order valence-electron chi connectivity index (χ2n) is 5.66. The van der Waals surface area contributed by atoms with Crippen LogP contribution in [-0.4, -0.2) is 4.98 Å². The van der Waals surface area contributed by atoms with Crippen LogP contribution in [0.4, 0.5) is 4.39 Å². The number of aromatic nitrogens is 1. The minimum atomic E-state index is -0.205. The van der Waals surface area contributed by atoms with E-state index in [1.165, 1.54) is 17.7 Å². The van der Waals surface area contributed by atoms with Crippen molar-refractivity contribution in [3.63, 3.8) is 0 Å². The van der Waals surface area contributed by atoms with Gasteiger partial charge in [0.05, 0.1) is 11.7 Å². The maximum Gasteiger partial charge on any atom is 0.123 e. The number of thiophene rings is 1. The summed E-state index contributed by atoms with van der Waals surface area (Å²) < 4.78 is 13.0. The highest BCUT2D eigenvalue weighted by Crippen LogP contribution is 2.19. The standard InChI is InChI=1S/C19H19FN2S/c1-14-2-7-18(21-11-14)19(10-16-8-9-23-13-16)22-12-15-3-5-17(20)6-4-15/h2-9,11,13,19,22H,10,12H2,1H3/t19-/m0/s1. The predicted octanol–water partition coefficient (Wildman–Crippen LogP) is 4.66. The highest BCUT2D eigenvalue weighted by Gasteiger charge is 2.13. The molecule has 4 heteroatoms.